The Kier molecular flexibility index (Phi) is 12.2. The zero-order valence-electron chi connectivity index (χ0n) is 19.6. The number of carbonyl (C=O) groups is 1. The SMILES string of the molecule is C=C1C(Br)=Cc2ccccc2C(C2CCN(C(=O)OCC)CC2)C1C.C=CC=C.CC. The predicted octanol–water partition coefficient (Wildman–Crippen LogP) is 7.97. The van der Waals surface area contributed by atoms with Crippen LogP contribution in [0.5, 0.6) is 0 Å². The zero-order valence-corrected chi connectivity index (χ0v) is 21.2. The van der Waals surface area contributed by atoms with E-state index in [1.807, 2.05) is 25.7 Å². The number of fused-ring (bicyclic) bond motifs is 1. The Hall–Kier alpha value is -2.07. The summed E-state index contributed by atoms with van der Waals surface area (Å²) < 4.78 is 6.25. The Bertz CT molecular complexity index is 769. The number of carbonyl (C=O) groups excluding carboxylic acids is 1. The van der Waals surface area contributed by atoms with E-state index in [2.05, 4.69) is 72.9 Å². The first kappa shape index (κ1) is 27.0. The lowest BCUT2D eigenvalue weighted by atomic mass is 9.71. The third kappa shape index (κ3) is 7.24. The van der Waals surface area contributed by atoms with Gasteiger partial charge in [0.25, 0.3) is 0 Å². The van der Waals surface area contributed by atoms with Crippen molar-refractivity contribution in [2.75, 3.05) is 19.7 Å². The Balaban J connectivity index is 0.000000720. The molecule has 1 heterocycles. The fraction of sp³-hybridized carbons (Fsp3) is 0.444. The Morgan fingerprint density at radius 1 is 1.19 bits per heavy atom. The normalized spacial score (nSPS) is 20.5. The van der Waals surface area contributed by atoms with Gasteiger partial charge >= 0.3 is 6.09 Å². The summed E-state index contributed by atoms with van der Waals surface area (Å²) in [7, 11) is 0. The molecule has 1 aromatic rings. The Morgan fingerprint density at radius 3 is 2.32 bits per heavy atom. The zero-order chi connectivity index (χ0) is 23.4. The second kappa shape index (κ2) is 14.1. The molecule has 1 fully saturated rings. The molecule has 1 amide bonds. The van der Waals surface area contributed by atoms with Crippen LogP contribution in [0.25, 0.3) is 6.08 Å². The molecule has 0 aromatic heterocycles. The smallest absolute Gasteiger partial charge is 0.409 e. The molecular weight excluding hydrogens is 450 g/mol. The van der Waals surface area contributed by atoms with E-state index in [1.165, 1.54) is 11.1 Å². The van der Waals surface area contributed by atoms with E-state index in [9.17, 15) is 4.79 Å². The lowest BCUT2D eigenvalue weighted by Gasteiger charge is -2.38. The summed E-state index contributed by atoms with van der Waals surface area (Å²) in [5, 5.41) is 0. The summed E-state index contributed by atoms with van der Waals surface area (Å²) in [6, 6.07) is 8.66. The summed E-state index contributed by atoms with van der Waals surface area (Å²) in [6.07, 6.45) is 7.31. The highest BCUT2D eigenvalue weighted by atomic mass is 79.9. The lowest BCUT2D eigenvalue weighted by molar-refractivity contribution is 0.0868. The van der Waals surface area contributed by atoms with Gasteiger partial charge in [-0.05, 0) is 60.3 Å². The highest BCUT2D eigenvalue weighted by molar-refractivity contribution is 9.12. The van der Waals surface area contributed by atoms with Crippen molar-refractivity contribution in [1.82, 2.24) is 4.90 Å². The first-order chi connectivity index (χ1) is 14.9. The number of benzene rings is 1. The third-order valence-corrected chi connectivity index (χ3v) is 6.51. The van der Waals surface area contributed by atoms with E-state index in [0.717, 1.165) is 36.0 Å². The largest absolute Gasteiger partial charge is 0.450 e. The molecule has 2 unspecified atom stereocenters. The second-order valence-electron chi connectivity index (χ2n) is 7.46. The van der Waals surface area contributed by atoms with E-state index in [1.54, 1.807) is 12.2 Å². The van der Waals surface area contributed by atoms with E-state index in [4.69, 9.17) is 4.74 Å². The molecular formula is C27H38BrNO2. The van der Waals surface area contributed by atoms with Crippen LogP contribution in [0.3, 0.4) is 0 Å². The molecule has 31 heavy (non-hydrogen) atoms. The van der Waals surface area contributed by atoms with Crippen LogP contribution in [0.2, 0.25) is 0 Å². The average Bonchev–Trinajstić information content (AvgIpc) is 2.90. The number of piperidine rings is 1. The number of allylic oxidation sites excluding steroid dienone is 4. The number of likely N-dealkylation sites (tertiary alicyclic amines) is 1. The van der Waals surface area contributed by atoms with Gasteiger partial charge < -0.3 is 9.64 Å². The topological polar surface area (TPSA) is 29.5 Å². The van der Waals surface area contributed by atoms with E-state index < -0.39 is 0 Å². The molecule has 1 aromatic carbocycles. The van der Waals surface area contributed by atoms with Gasteiger partial charge in [-0.1, -0.05) is 92.9 Å². The van der Waals surface area contributed by atoms with Gasteiger partial charge in [0, 0.05) is 17.6 Å². The van der Waals surface area contributed by atoms with Crippen molar-refractivity contribution in [3.05, 3.63) is 77.3 Å². The number of hydrogen-bond donors (Lipinski definition) is 0. The van der Waals surface area contributed by atoms with Gasteiger partial charge in [-0.25, -0.2) is 4.79 Å². The van der Waals surface area contributed by atoms with Crippen LogP contribution in [-0.4, -0.2) is 30.7 Å². The number of ether oxygens (including phenoxy) is 1. The van der Waals surface area contributed by atoms with Crippen LogP contribution in [0, 0.1) is 11.8 Å². The molecule has 170 valence electrons. The number of hydrogen-bond acceptors (Lipinski definition) is 2. The average molecular weight is 489 g/mol. The summed E-state index contributed by atoms with van der Waals surface area (Å²) in [4.78, 5) is 13.8. The van der Waals surface area contributed by atoms with E-state index >= 15 is 0 Å². The van der Waals surface area contributed by atoms with Gasteiger partial charge in [0.05, 0.1) is 6.61 Å². The van der Waals surface area contributed by atoms with Crippen LogP contribution in [-0.2, 0) is 4.74 Å². The summed E-state index contributed by atoms with van der Waals surface area (Å²) >= 11 is 3.70. The van der Waals surface area contributed by atoms with Gasteiger partial charge in [0.1, 0.15) is 0 Å². The fourth-order valence-corrected chi connectivity index (χ4v) is 4.80. The minimum Gasteiger partial charge on any atom is -0.450 e. The van der Waals surface area contributed by atoms with E-state index in [0.29, 0.717) is 24.4 Å². The van der Waals surface area contributed by atoms with Crippen LogP contribution in [0.15, 0.2) is 66.2 Å². The molecule has 3 rings (SSSR count). The monoisotopic (exact) mass is 487 g/mol. The van der Waals surface area contributed by atoms with Gasteiger partial charge in [-0.15, -0.1) is 0 Å². The maximum atomic E-state index is 12.0. The van der Waals surface area contributed by atoms with Crippen molar-refractivity contribution in [1.29, 1.82) is 0 Å². The highest BCUT2D eigenvalue weighted by Gasteiger charge is 2.36. The summed E-state index contributed by atoms with van der Waals surface area (Å²) in [5.74, 6) is 1.35. The van der Waals surface area contributed by atoms with Crippen LogP contribution < -0.4 is 0 Å². The fourth-order valence-electron chi connectivity index (χ4n) is 4.20. The molecule has 0 radical (unpaired) electrons. The number of nitrogens with zero attached hydrogens (tertiary/aromatic N) is 1. The van der Waals surface area contributed by atoms with Gasteiger partial charge in [-0.2, -0.15) is 0 Å². The lowest BCUT2D eigenvalue weighted by Crippen LogP contribution is -2.40. The first-order valence-electron chi connectivity index (χ1n) is 11.2. The minimum atomic E-state index is -0.177. The number of rotatable bonds is 3. The highest BCUT2D eigenvalue weighted by Crippen LogP contribution is 2.47. The minimum absolute atomic E-state index is 0.177. The Labute approximate surface area is 197 Å². The van der Waals surface area contributed by atoms with Crippen molar-refractivity contribution >= 4 is 28.1 Å². The van der Waals surface area contributed by atoms with E-state index in [-0.39, 0.29) is 6.09 Å². The number of halogens is 1. The number of amides is 1. The van der Waals surface area contributed by atoms with Crippen molar-refractivity contribution < 1.29 is 9.53 Å². The maximum absolute atomic E-state index is 12.0. The third-order valence-electron chi connectivity index (χ3n) is 5.77. The Morgan fingerprint density at radius 2 is 1.77 bits per heavy atom. The molecule has 4 heteroatoms. The predicted molar refractivity (Wildman–Crippen MR) is 137 cm³/mol. The quantitative estimate of drug-likeness (QED) is 0.404. The van der Waals surface area contributed by atoms with Crippen molar-refractivity contribution in [2.45, 2.75) is 46.5 Å². The summed E-state index contributed by atoms with van der Waals surface area (Å²) in [6.45, 7) is 21.2. The van der Waals surface area contributed by atoms with Crippen molar-refractivity contribution in [3.63, 3.8) is 0 Å². The van der Waals surface area contributed by atoms with Crippen LogP contribution in [0.1, 0.15) is 57.6 Å². The molecule has 2 atom stereocenters. The summed E-state index contributed by atoms with van der Waals surface area (Å²) in [5.41, 5.74) is 3.84. The van der Waals surface area contributed by atoms with Crippen molar-refractivity contribution in [2.24, 2.45) is 11.8 Å². The molecule has 1 aliphatic heterocycles. The van der Waals surface area contributed by atoms with Gasteiger partial charge in [0.15, 0.2) is 0 Å². The standard InChI is InChI=1S/C21H26BrNO2.C4H6.C2H6/c1-4-25-21(24)23-11-9-16(10-12-23)20-15(3)14(2)19(22)13-17-7-5-6-8-18(17)20;1-3-4-2;1-2/h5-8,13,15-16,20H,2,4,9-12H2,1,3H3;3-4H,1-2H2;1-2H3. The molecule has 3 nitrogen and oxygen atoms in total. The molecule has 0 saturated carbocycles. The first-order valence-corrected chi connectivity index (χ1v) is 12.0. The van der Waals surface area contributed by atoms with Crippen molar-refractivity contribution in [3.8, 4) is 0 Å². The van der Waals surface area contributed by atoms with Crippen LogP contribution >= 0.6 is 15.9 Å². The maximum Gasteiger partial charge on any atom is 0.409 e. The molecule has 1 aliphatic carbocycles. The molecule has 0 bridgehead atoms. The molecule has 2 aliphatic rings. The molecule has 0 spiro atoms. The van der Waals surface area contributed by atoms with Gasteiger partial charge in [-0.3, -0.25) is 0 Å². The second-order valence-corrected chi connectivity index (χ2v) is 8.31. The van der Waals surface area contributed by atoms with Crippen LogP contribution in [0.4, 0.5) is 4.79 Å². The van der Waals surface area contributed by atoms with Gasteiger partial charge in [0.2, 0.25) is 0 Å². The molecule has 0 N–H and O–H groups in total. The molecule has 1 saturated heterocycles.